The molecule has 36 heavy (non-hydrogen) atoms. The molecule has 5 rings (SSSR count). The van der Waals surface area contributed by atoms with Crippen molar-refractivity contribution >= 4 is 34.6 Å². The Bertz CT molecular complexity index is 1540. The Hall–Kier alpha value is -5.25. The highest BCUT2D eigenvalue weighted by Crippen LogP contribution is 2.33. The standard InChI is InChI=1S/C26H17N3O7/c30-25(21-7-3-5-16-4-1-2-6-20(16)21)28-27-14-18-12-19(29(32)33)9-11-22(18)36-26(31)17-8-10-23-24(13-17)35-15-34-23/h1-14H,15H2,(H,28,30)/b27-14+. The number of nitrogens with one attached hydrogen (secondary N) is 1. The number of benzene rings is 4. The largest absolute Gasteiger partial charge is 0.454 e. The third-order valence-electron chi connectivity index (χ3n) is 5.42. The van der Waals surface area contributed by atoms with E-state index in [1.807, 2.05) is 30.3 Å². The summed E-state index contributed by atoms with van der Waals surface area (Å²) in [7, 11) is 0. The number of carbonyl (C=O) groups is 2. The summed E-state index contributed by atoms with van der Waals surface area (Å²) in [6.07, 6.45) is 1.18. The number of amides is 1. The third kappa shape index (κ3) is 4.55. The average Bonchev–Trinajstić information content (AvgIpc) is 3.37. The Morgan fingerprint density at radius 2 is 1.78 bits per heavy atom. The number of nitro groups is 1. The topological polar surface area (TPSA) is 129 Å². The number of hydrogen-bond donors (Lipinski definition) is 1. The number of hydrazone groups is 1. The molecule has 0 atom stereocenters. The highest BCUT2D eigenvalue weighted by atomic mass is 16.7. The number of rotatable bonds is 6. The van der Waals surface area contributed by atoms with Gasteiger partial charge in [-0.15, -0.1) is 0 Å². The molecule has 1 aliphatic rings. The van der Waals surface area contributed by atoms with Crippen LogP contribution in [0.4, 0.5) is 5.69 Å². The average molecular weight is 483 g/mol. The number of ether oxygens (including phenoxy) is 3. The van der Waals surface area contributed by atoms with E-state index in [9.17, 15) is 19.7 Å². The van der Waals surface area contributed by atoms with E-state index >= 15 is 0 Å². The number of fused-ring (bicyclic) bond motifs is 2. The molecule has 0 radical (unpaired) electrons. The number of carbonyl (C=O) groups excluding carboxylic acids is 2. The fraction of sp³-hybridized carbons (Fsp3) is 0.0385. The maximum Gasteiger partial charge on any atom is 0.343 e. The Kier molecular flexibility index (Phi) is 5.98. The van der Waals surface area contributed by atoms with Gasteiger partial charge in [0.15, 0.2) is 11.5 Å². The quantitative estimate of drug-likeness (QED) is 0.141. The van der Waals surface area contributed by atoms with E-state index in [0.29, 0.717) is 17.1 Å². The minimum Gasteiger partial charge on any atom is -0.454 e. The monoisotopic (exact) mass is 483 g/mol. The lowest BCUT2D eigenvalue weighted by Gasteiger charge is -2.08. The van der Waals surface area contributed by atoms with Gasteiger partial charge in [-0.3, -0.25) is 14.9 Å². The van der Waals surface area contributed by atoms with Crippen LogP contribution in [-0.4, -0.2) is 29.8 Å². The van der Waals surface area contributed by atoms with E-state index in [4.69, 9.17) is 14.2 Å². The molecule has 10 nitrogen and oxygen atoms in total. The van der Waals surface area contributed by atoms with Crippen molar-refractivity contribution in [1.82, 2.24) is 5.43 Å². The SMILES string of the molecule is O=C(Oc1ccc([N+](=O)[O-])cc1/C=N/NC(=O)c1cccc2ccccc12)c1ccc2c(c1)OCO2. The molecule has 0 saturated carbocycles. The maximum absolute atomic E-state index is 12.7. The predicted molar refractivity (Wildman–Crippen MR) is 130 cm³/mol. The second-order valence-electron chi connectivity index (χ2n) is 7.66. The first-order valence-electron chi connectivity index (χ1n) is 10.7. The molecule has 4 aromatic carbocycles. The third-order valence-corrected chi connectivity index (χ3v) is 5.42. The van der Waals surface area contributed by atoms with Gasteiger partial charge in [-0.1, -0.05) is 36.4 Å². The van der Waals surface area contributed by atoms with Crippen LogP contribution in [0.2, 0.25) is 0 Å². The van der Waals surface area contributed by atoms with E-state index in [0.717, 1.165) is 10.8 Å². The normalized spacial score (nSPS) is 12.0. The van der Waals surface area contributed by atoms with Crippen LogP contribution in [0, 0.1) is 10.1 Å². The molecular formula is C26H17N3O7. The van der Waals surface area contributed by atoms with Crippen LogP contribution < -0.4 is 19.6 Å². The Morgan fingerprint density at radius 3 is 2.64 bits per heavy atom. The van der Waals surface area contributed by atoms with E-state index in [1.165, 1.54) is 36.5 Å². The van der Waals surface area contributed by atoms with Crippen molar-refractivity contribution in [3.63, 3.8) is 0 Å². The summed E-state index contributed by atoms with van der Waals surface area (Å²) in [5.41, 5.74) is 2.92. The van der Waals surface area contributed by atoms with Crippen LogP contribution in [0.15, 0.2) is 84.0 Å². The molecule has 0 fully saturated rings. The lowest BCUT2D eigenvalue weighted by Crippen LogP contribution is -2.18. The molecule has 1 amide bonds. The molecule has 1 N–H and O–H groups in total. The molecule has 1 aliphatic heterocycles. The molecule has 0 spiro atoms. The van der Waals surface area contributed by atoms with Crippen molar-refractivity contribution in [2.24, 2.45) is 5.10 Å². The predicted octanol–water partition coefficient (Wildman–Crippen LogP) is 4.46. The van der Waals surface area contributed by atoms with Gasteiger partial charge in [-0.25, -0.2) is 10.2 Å². The second-order valence-corrected chi connectivity index (χ2v) is 7.66. The van der Waals surface area contributed by atoms with Gasteiger partial charge < -0.3 is 14.2 Å². The fourth-order valence-electron chi connectivity index (χ4n) is 3.67. The van der Waals surface area contributed by atoms with Crippen LogP contribution in [0.1, 0.15) is 26.3 Å². The van der Waals surface area contributed by atoms with E-state index in [-0.39, 0.29) is 29.4 Å². The molecule has 0 aliphatic carbocycles. The van der Waals surface area contributed by atoms with Crippen molar-refractivity contribution in [3.8, 4) is 17.2 Å². The first kappa shape index (κ1) is 22.5. The van der Waals surface area contributed by atoms with Crippen LogP contribution in [0.25, 0.3) is 10.8 Å². The summed E-state index contributed by atoms with van der Waals surface area (Å²) in [4.78, 5) is 36.1. The summed E-state index contributed by atoms with van der Waals surface area (Å²) in [6, 6.07) is 21.0. The lowest BCUT2D eigenvalue weighted by molar-refractivity contribution is -0.384. The maximum atomic E-state index is 12.7. The van der Waals surface area contributed by atoms with Gasteiger partial charge in [-0.05, 0) is 41.1 Å². The van der Waals surface area contributed by atoms with Gasteiger partial charge in [0.05, 0.1) is 16.7 Å². The Balaban J connectivity index is 1.38. The van der Waals surface area contributed by atoms with E-state index < -0.39 is 16.8 Å². The molecule has 0 bridgehead atoms. The molecule has 178 valence electrons. The van der Waals surface area contributed by atoms with Gasteiger partial charge in [-0.2, -0.15) is 5.10 Å². The number of esters is 1. The molecule has 4 aromatic rings. The summed E-state index contributed by atoms with van der Waals surface area (Å²) in [5, 5.41) is 16.8. The lowest BCUT2D eigenvalue weighted by atomic mass is 10.0. The van der Waals surface area contributed by atoms with Crippen molar-refractivity contribution < 1.29 is 28.7 Å². The summed E-state index contributed by atoms with van der Waals surface area (Å²) < 4.78 is 16.0. The molecule has 0 saturated heterocycles. The minimum atomic E-state index is -0.711. The van der Waals surface area contributed by atoms with Gasteiger partial charge in [0.2, 0.25) is 6.79 Å². The van der Waals surface area contributed by atoms with Crippen LogP contribution >= 0.6 is 0 Å². The van der Waals surface area contributed by atoms with Crippen LogP contribution in [0.3, 0.4) is 0 Å². The van der Waals surface area contributed by atoms with Crippen LogP contribution in [0.5, 0.6) is 17.2 Å². The Labute approximate surface area is 203 Å². The second kappa shape index (κ2) is 9.55. The minimum absolute atomic E-state index is 0.0198. The zero-order valence-electron chi connectivity index (χ0n) is 18.5. The summed E-state index contributed by atoms with van der Waals surface area (Å²) >= 11 is 0. The Morgan fingerprint density at radius 1 is 0.972 bits per heavy atom. The molecular weight excluding hydrogens is 466 g/mol. The number of non-ortho nitro benzene ring substituents is 1. The van der Waals surface area contributed by atoms with Crippen molar-refractivity contribution in [3.05, 3.63) is 106 Å². The van der Waals surface area contributed by atoms with Gasteiger partial charge >= 0.3 is 5.97 Å². The van der Waals surface area contributed by atoms with Crippen LogP contribution in [-0.2, 0) is 0 Å². The first-order chi connectivity index (χ1) is 17.5. The molecule has 1 heterocycles. The summed E-state index contributed by atoms with van der Waals surface area (Å²) in [6.45, 7) is 0.0568. The van der Waals surface area contributed by atoms with Gasteiger partial charge in [0, 0.05) is 23.3 Å². The fourth-order valence-corrected chi connectivity index (χ4v) is 3.67. The zero-order valence-corrected chi connectivity index (χ0v) is 18.5. The summed E-state index contributed by atoms with van der Waals surface area (Å²) in [5.74, 6) is -0.238. The molecule has 10 heteroatoms. The zero-order chi connectivity index (χ0) is 25.1. The van der Waals surface area contributed by atoms with Gasteiger partial charge in [0.1, 0.15) is 5.75 Å². The highest BCUT2D eigenvalue weighted by Gasteiger charge is 2.19. The number of nitro benzene ring substituents is 1. The number of nitrogens with zero attached hydrogens (tertiary/aromatic N) is 2. The van der Waals surface area contributed by atoms with Crippen molar-refractivity contribution in [2.75, 3.05) is 6.79 Å². The van der Waals surface area contributed by atoms with E-state index in [2.05, 4.69) is 10.5 Å². The van der Waals surface area contributed by atoms with Crippen molar-refractivity contribution in [1.29, 1.82) is 0 Å². The first-order valence-corrected chi connectivity index (χ1v) is 10.7. The molecule has 0 aromatic heterocycles. The smallest absolute Gasteiger partial charge is 0.343 e. The van der Waals surface area contributed by atoms with E-state index in [1.54, 1.807) is 18.2 Å². The van der Waals surface area contributed by atoms with Crippen molar-refractivity contribution in [2.45, 2.75) is 0 Å². The van der Waals surface area contributed by atoms with Gasteiger partial charge in [0.25, 0.3) is 11.6 Å². The number of hydrogen-bond acceptors (Lipinski definition) is 8. The highest BCUT2D eigenvalue weighted by molar-refractivity contribution is 6.07. The molecule has 0 unspecified atom stereocenters.